The standard InChI is InChI=1S/C15H19N3O5/c1-2-3-4-10-9-11(19)23-14-12(10)13(20)16-15(21)18(14)17-5-7-22-8-6-17/h9H,2-8H2,1H3,(H,16,20,21). The zero-order valence-corrected chi connectivity index (χ0v) is 13.0. The Balaban J connectivity index is 2.28. The Bertz CT molecular complexity index is 873. The molecule has 0 bridgehead atoms. The number of aromatic nitrogens is 2. The van der Waals surface area contributed by atoms with Gasteiger partial charge in [-0.3, -0.25) is 9.78 Å². The summed E-state index contributed by atoms with van der Waals surface area (Å²) in [6.07, 6.45) is 2.36. The van der Waals surface area contributed by atoms with Crippen molar-refractivity contribution in [2.75, 3.05) is 31.3 Å². The third-order valence-electron chi connectivity index (χ3n) is 3.93. The van der Waals surface area contributed by atoms with Crippen LogP contribution in [0.1, 0.15) is 25.3 Å². The number of aromatic amines is 1. The van der Waals surface area contributed by atoms with Crippen molar-refractivity contribution in [3.63, 3.8) is 0 Å². The van der Waals surface area contributed by atoms with E-state index in [0.29, 0.717) is 38.3 Å². The summed E-state index contributed by atoms with van der Waals surface area (Å²) in [6, 6.07) is 1.33. The molecule has 0 amide bonds. The van der Waals surface area contributed by atoms with Crippen molar-refractivity contribution in [3.8, 4) is 0 Å². The monoisotopic (exact) mass is 321 g/mol. The number of H-pyrrole nitrogens is 1. The van der Waals surface area contributed by atoms with Gasteiger partial charge >= 0.3 is 11.3 Å². The van der Waals surface area contributed by atoms with E-state index in [2.05, 4.69) is 4.98 Å². The fourth-order valence-corrected chi connectivity index (χ4v) is 2.80. The van der Waals surface area contributed by atoms with Crippen LogP contribution < -0.4 is 21.9 Å². The number of aryl methyl sites for hydroxylation is 1. The lowest BCUT2D eigenvalue weighted by Gasteiger charge is -2.29. The van der Waals surface area contributed by atoms with Crippen molar-refractivity contribution in [2.45, 2.75) is 26.2 Å². The van der Waals surface area contributed by atoms with Gasteiger partial charge in [0.25, 0.3) is 5.56 Å². The van der Waals surface area contributed by atoms with Crippen LogP contribution >= 0.6 is 0 Å². The lowest BCUT2D eigenvalue weighted by atomic mass is 10.1. The number of hydrogen-bond donors (Lipinski definition) is 1. The highest BCUT2D eigenvalue weighted by atomic mass is 16.5. The van der Waals surface area contributed by atoms with Gasteiger partial charge in [0, 0.05) is 6.07 Å². The molecular weight excluding hydrogens is 302 g/mol. The molecule has 1 N–H and O–H groups in total. The molecular formula is C15H19N3O5. The average molecular weight is 321 g/mol. The van der Waals surface area contributed by atoms with E-state index in [1.54, 1.807) is 5.01 Å². The van der Waals surface area contributed by atoms with Crippen molar-refractivity contribution in [1.29, 1.82) is 0 Å². The average Bonchev–Trinajstić information content (AvgIpc) is 2.53. The zero-order chi connectivity index (χ0) is 16.4. The highest BCUT2D eigenvalue weighted by molar-refractivity contribution is 5.76. The molecule has 8 heteroatoms. The van der Waals surface area contributed by atoms with Gasteiger partial charge in [-0.1, -0.05) is 13.3 Å². The Hall–Kier alpha value is -2.35. The summed E-state index contributed by atoms with van der Waals surface area (Å²) in [6.45, 7) is 3.91. The third-order valence-corrected chi connectivity index (χ3v) is 3.93. The van der Waals surface area contributed by atoms with Gasteiger partial charge in [-0.2, -0.15) is 4.68 Å². The van der Waals surface area contributed by atoms with E-state index in [1.165, 1.54) is 10.7 Å². The summed E-state index contributed by atoms with van der Waals surface area (Å²) in [4.78, 5) is 38.7. The van der Waals surface area contributed by atoms with Crippen LogP contribution in [0.25, 0.3) is 11.1 Å². The number of nitrogens with zero attached hydrogens (tertiary/aromatic N) is 2. The Kier molecular flexibility index (Phi) is 4.33. The fourth-order valence-electron chi connectivity index (χ4n) is 2.80. The molecule has 124 valence electrons. The van der Waals surface area contributed by atoms with Crippen molar-refractivity contribution < 1.29 is 9.15 Å². The predicted molar refractivity (Wildman–Crippen MR) is 84.7 cm³/mol. The predicted octanol–water partition coefficient (Wildman–Crippen LogP) is -0.0462. The normalized spacial score (nSPS) is 15.3. The Morgan fingerprint density at radius 2 is 1.96 bits per heavy atom. The minimum absolute atomic E-state index is 0.0132. The molecule has 0 aromatic carbocycles. The van der Waals surface area contributed by atoms with E-state index in [-0.39, 0.29) is 11.1 Å². The summed E-state index contributed by atoms with van der Waals surface area (Å²) in [5, 5.41) is 1.99. The molecule has 3 heterocycles. The van der Waals surface area contributed by atoms with Crippen molar-refractivity contribution in [1.82, 2.24) is 9.66 Å². The van der Waals surface area contributed by atoms with Gasteiger partial charge in [-0.15, -0.1) is 0 Å². The molecule has 23 heavy (non-hydrogen) atoms. The number of rotatable bonds is 4. The first-order chi connectivity index (χ1) is 11.1. The van der Waals surface area contributed by atoms with E-state index >= 15 is 0 Å². The van der Waals surface area contributed by atoms with Crippen LogP contribution in [0.2, 0.25) is 0 Å². The smallest absolute Gasteiger partial charge is 0.350 e. The van der Waals surface area contributed by atoms with E-state index < -0.39 is 16.9 Å². The maximum absolute atomic E-state index is 12.3. The summed E-state index contributed by atoms with van der Waals surface area (Å²) in [5.41, 5.74) is -1.07. The first kappa shape index (κ1) is 15.5. The van der Waals surface area contributed by atoms with Crippen LogP contribution in [-0.2, 0) is 11.2 Å². The maximum Gasteiger partial charge on any atom is 0.350 e. The molecule has 1 aliphatic rings. The first-order valence-electron chi connectivity index (χ1n) is 7.77. The number of fused-ring (bicyclic) bond motifs is 1. The molecule has 0 spiro atoms. The molecule has 1 saturated heterocycles. The summed E-state index contributed by atoms with van der Waals surface area (Å²) >= 11 is 0. The van der Waals surface area contributed by atoms with Crippen molar-refractivity contribution in [2.24, 2.45) is 0 Å². The second-order valence-corrected chi connectivity index (χ2v) is 5.51. The van der Waals surface area contributed by atoms with Gasteiger partial charge in [0.2, 0.25) is 5.71 Å². The van der Waals surface area contributed by atoms with Gasteiger partial charge in [0.05, 0.1) is 26.3 Å². The Morgan fingerprint density at radius 1 is 1.22 bits per heavy atom. The van der Waals surface area contributed by atoms with Gasteiger partial charge < -0.3 is 14.2 Å². The number of ether oxygens (including phenoxy) is 1. The second kappa shape index (κ2) is 6.41. The highest BCUT2D eigenvalue weighted by Gasteiger charge is 2.20. The molecule has 0 radical (unpaired) electrons. The van der Waals surface area contributed by atoms with Crippen molar-refractivity contribution in [3.05, 3.63) is 42.9 Å². The number of hydrogen-bond acceptors (Lipinski definition) is 6. The first-order valence-corrected chi connectivity index (χ1v) is 7.77. The molecule has 0 atom stereocenters. The number of nitrogens with one attached hydrogen (secondary N) is 1. The number of unbranched alkanes of at least 4 members (excludes halogenated alkanes) is 1. The maximum atomic E-state index is 12.3. The molecule has 1 aliphatic heterocycles. The summed E-state index contributed by atoms with van der Waals surface area (Å²) in [5.74, 6) is 0. The van der Waals surface area contributed by atoms with Crippen LogP contribution in [-0.4, -0.2) is 36.0 Å². The van der Waals surface area contributed by atoms with Crippen molar-refractivity contribution >= 4 is 11.1 Å². The van der Waals surface area contributed by atoms with Crippen LogP contribution in [0.4, 0.5) is 0 Å². The highest BCUT2D eigenvalue weighted by Crippen LogP contribution is 2.14. The summed E-state index contributed by atoms with van der Waals surface area (Å²) < 4.78 is 11.8. The number of morpholine rings is 1. The Labute approximate surface area is 131 Å². The lowest BCUT2D eigenvalue weighted by molar-refractivity contribution is 0.110. The van der Waals surface area contributed by atoms with Crippen LogP contribution in [0.3, 0.4) is 0 Å². The molecule has 0 aliphatic carbocycles. The quantitative estimate of drug-likeness (QED) is 0.848. The second-order valence-electron chi connectivity index (χ2n) is 5.51. The van der Waals surface area contributed by atoms with E-state index in [1.807, 2.05) is 6.92 Å². The molecule has 0 unspecified atom stereocenters. The van der Waals surface area contributed by atoms with Gasteiger partial charge in [0.1, 0.15) is 5.39 Å². The van der Waals surface area contributed by atoms with E-state index in [4.69, 9.17) is 9.15 Å². The molecule has 0 saturated carbocycles. The van der Waals surface area contributed by atoms with Gasteiger partial charge in [0.15, 0.2) is 0 Å². The van der Waals surface area contributed by atoms with Crippen LogP contribution in [0.15, 0.2) is 24.9 Å². The minimum atomic E-state index is -0.611. The minimum Gasteiger partial charge on any atom is -0.403 e. The summed E-state index contributed by atoms with van der Waals surface area (Å²) in [7, 11) is 0. The molecule has 2 aromatic rings. The van der Waals surface area contributed by atoms with Crippen LogP contribution in [0.5, 0.6) is 0 Å². The SMILES string of the molecule is CCCCc1cc(=O)oc2c1c(=O)[nH]c(=O)n2N1CCOCC1. The molecule has 2 aromatic heterocycles. The largest absolute Gasteiger partial charge is 0.403 e. The molecule has 1 fully saturated rings. The van der Waals surface area contributed by atoms with Gasteiger partial charge in [-0.25, -0.2) is 9.59 Å². The topological polar surface area (TPSA) is 97.5 Å². The molecule has 3 rings (SSSR count). The van der Waals surface area contributed by atoms with Gasteiger partial charge in [-0.05, 0) is 18.4 Å². The molecule has 8 nitrogen and oxygen atoms in total. The third kappa shape index (κ3) is 2.94. The lowest BCUT2D eigenvalue weighted by Crippen LogP contribution is -2.51. The van der Waals surface area contributed by atoms with E-state index in [9.17, 15) is 14.4 Å². The Morgan fingerprint density at radius 3 is 2.65 bits per heavy atom. The zero-order valence-electron chi connectivity index (χ0n) is 13.0. The van der Waals surface area contributed by atoms with Crippen LogP contribution in [0, 0.1) is 0 Å². The van der Waals surface area contributed by atoms with E-state index in [0.717, 1.165) is 12.8 Å². The fraction of sp³-hybridized carbons (Fsp3) is 0.533.